The highest BCUT2D eigenvalue weighted by molar-refractivity contribution is 4.99. The molecule has 3 atom stereocenters. The molecule has 0 radical (unpaired) electrons. The Bertz CT molecular complexity index is 157. The molecule has 3 unspecified atom stereocenters. The van der Waals surface area contributed by atoms with E-state index in [4.69, 9.17) is 4.74 Å². The van der Waals surface area contributed by atoms with Crippen LogP contribution in [-0.4, -0.2) is 12.7 Å². The van der Waals surface area contributed by atoms with E-state index in [0.29, 0.717) is 11.5 Å². The van der Waals surface area contributed by atoms with E-state index in [9.17, 15) is 0 Å². The molecule has 2 rings (SSSR count). The summed E-state index contributed by atoms with van der Waals surface area (Å²) in [4.78, 5) is 0. The van der Waals surface area contributed by atoms with Crippen molar-refractivity contribution >= 4 is 0 Å². The summed E-state index contributed by atoms with van der Waals surface area (Å²) in [5.74, 6) is 1.82. The summed E-state index contributed by atoms with van der Waals surface area (Å²) in [6.45, 7) is 8.08. The standard InChI is InChI=1S/C10H18O/c1-10(2,3)8-4-5-11-9-6-7(8)9/h7-9H,4-6H2,1-3H3. The molecule has 2 fully saturated rings. The molecular weight excluding hydrogens is 136 g/mol. The van der Waals surface area contributed by atoms with Crippen molar-refractivity contribution in [2.75, 3.05) is 6.61 Å². The summed E-state index contributed by atoms with van der Waals surface area (Å²) in [6, 6.07) is 0. The van der Waals surface area contributed by atoms with E-state index < -0.39 is 0 Å². The van der Waals surface area contributed by atoms with Crippen LogP contribution in [-0.2, 0) is 4.74 Å². The van der Waals surface area contributed by atoms with E-state index in [1.54, 1.807) is 0 Å². The zero-order valence-electron chi connectivity index (χ0n) is 7.76. The molecular formula is C10H18O. The zero-order valence-corrected chi connectivity index (χ0v) is 7.76. The average molecular weight is 154 g/mol. The minimum Gasteiger partial charge on any atom is -0.378 e. The van der Waals surface area contributed by atoms with Crippen molar-refractivity contribution in [2.45, 2.75) is 39.7 Å². The van der Waals surface area contributed by atoms with E-state index >= 15 is 0 Å². The van der Waals surface area contributed by atoms with Crippen LogP contribution in [0.25, 0.3) is 0 Å². The molecule has 2 aliphatic rings. The average Bonchev–Trinajstić information content (AvgIpc) is 2.60. The van der Waals surface area contributed by atoms with Crippen LogP contribution in [0.4, 0.5) is 0 Å². The molecule has 1 saturated heterocycles. The Hall–Kier alpha value is -0.0400. The summed E-state index contributed by atoms with van der Waals surface area (Å²) in [6.07, 6.45) is 3.26. The first-order valence-electron chi connectivity index (χ1n) is 4.70. The summed E-state index contributed by atoms with van der Waals surface area (Å²) in [5.41, 5.74) is 0.503. The van der Waals surface area contributed by atoms with Gasteiger partial charge in [0, 0.05) is 6.61 Å². The molecule has 11 heavy (non-hydrogen) atoms. The normalized spacial score (nSPS) is 43.4. The lowest BCUT2D eigenvalue weighted by atomic mass is 9.75. The Labute approximate surface area is 69.1 Å². The molecule has 0 spiro atoms. The lowest BCUT2D eigenvalue weighted by Gasteiger charge is -2.33. The minimum atomic E-state index is 0.503. The maximum Gasteiger partial charge on any atom is 0.0610 e. The fourth-order valence-electron chi connectivity index (χ4n) is 2.44. The van der Waals surface area contributed by atoms with Crippen LogP contribution in [0.15, 0.2) is 0 Å². The van der Waals surface area contributed by atoms with Gasteiger partial charge in [0.05, 0.1) is 6.10 Å². The number of ether oxygens (including phenoxy) is 1. The van der Waals surface area contributed by atoms with Crippen molar-refractivity contribution in [3.63, 3.8) is 0 Å². The summed E-state index contributed by atoms with van der Waals surface area (Å²) in [5, 5.41) is 0. The van der Waals surface area contributed by atoms with Gasteiger partial charge in [0.25, 0.3) is 0 Å². The Balaban J connectivity index is 2.03. The maximum atomic E-state index is 5.58. The Morgan fingerprint density at radius 1 is 1.27 bits per heavy atom. The van der Waals surface area contributed by atoms with Gasteiger partial charge in [-0.3, -0.25) is 0 Å². The van der Waals surface area contributed by atoms with Crippen molar-refractivity contribution in [2.24, 2.45) is 17.3 Å². The molecule has 1 aliphatic heterocycles. The third-order valence-corrected chi connectivity index (χ3v) is 3.17. The second-order valence-corrected chi connectivity index (χ2v) is 5.07. The van der Waals surface area contributed by atoms with Crippen LogP contribution in [0.5, 0.6) is 0 Å². The largest absolute Gasteiger partial charge is 0.378 e. The second kappa shape index (κ2) is 2.22. The fraction of sp³-hybridized carbons (Fsp3) is 1.00. The predicted molar refractivity (Wildman–Crippen MR) is 45.4 cm³/mol. The fourth-order valence-corrected chi connectivity index (χ4v) is 2.44. The van der Waals surface area contributed by atoms with Crippen molar-refractivity contribution in [1.82, 2.24) is 0 Å². The molecule has 1 aliphatic carbocycles. The molecule has 0 bridgehead atoms. The lowest BCUT2D eigenvalue weighted by Crippen LogP contribution is -2.28. The summed E-state index contributed by atoms with van der Waals surface area (Å²) >= 11 is 0. The van der Waals surface area contributed by atoms with Crippen LogP contribution >= 0.6 is 0 Å². The Kier molecular flexibility index (Phi) is 1.54. The van der Waals surface area contributed by atoms with E-state index in [0.717, 1.165) is 18.4 Å². The molecule has 1 heterocycles. The molecule has 0 aromatic rings. The van der Waals surface area contributed by atoms with Gasteiger partial charge in [-0.2, -0.15) is 0 Å². The van der Waals surface area contributed by atoms with Crippen LogP contribution in [0, 0.1) is 17.3 Å². The highest BCUT2D eigenvalue weighted by Crippen LogP contribution is 2.51. The third kappa shape index (κ3) is 1.31. The maximum absolute atomic E-state index is 5.58. The topological polar surface area (TPSA) is 9.23 Å². The number of hydrogen-bond acceptors (Lipinski definition) is 1. The van der Waals surface area contributed by atoms with Crippen molar-refractivity contribution in [1.29, 1.82) is 0 Å². The number of hydrogen-bond donors (Lipinski definition) is 0. The van der Waals surface area contributed by atoms with Gasteiger partial charge in [-0.25, -0.2) is 0 Å². The van der Waals surface area contributed by atoms with Crippen molar-refractivity contribution < 1.29 is 4.74 Å². The monoisotopic (exact) mass is 154 g/mol. The van der Waals surface area contributed by atoms with E-state index in [1.807, 2.05) is 0 Å². The minimum absolute atomic E-state index is 0.503. The molecule has 0 amide bonds. The van der Waals surface area contributed by atoms with Gasteiger partial charge < -0.3 is 4.74 Å². The summed E-state index contributed by atoms with van der Waals surface area (Å²) in [7, 11) is 0. The summed E-state index contributed by atoms with van der Waals surface area (Å²) < 4.78 is 5.58. The second-order valence-electron chi connectivity index (χ2n) is 5.07. The van der Waals surface area contributed by atoms with Crippen LogP contribution < -0.4 is 0 Å². The number of rotatable bonds is 0. The van der Waals surface area contributed by atoms with Crippen LogP contribution in [0.1, 0.15) is 33.6 Å². The SMILES string of the molecule is CC(C)(C)C1CCOC2CC21. The third-order valence-electron chi connectivity index (χ3n) is 3.17. The van der Waals surface area contributed by atoms with Gasteiger partial charge in [-0.15, -0.1) is 0 Å². The van der Waals surface area contributed by atoms with E-state index in [2.05, 4.69) is 20.8 Å². The van der Waals surface area contributed by atoms with Gasteiger partial charge in [0.2, 0.25) is 0 Å². The van der Waals surface area contributed by atoms with E-state index in [-0.39, 0.29) is 0 Å². The Morgan fingerprint density at radius 2 is 2.00 bits per heavy atom. The molecule has 64 valence electrons. The van der Waals surface area contributed by atoms with Gasteiger partial charge in [-0.1, -0.05) is 20.8 Å². The van der Waals surface area contributed by atoms with Crippen LogP contribution in [0.2, 0.25) is 0 Å². The van der Waals surface area contributed by atoms with Gasteiger partial charge in [0.1, 0.15) is 0 Å². The molecule has 0 aromatic heterocycles. The zero-order chi connectivity index (χ0) is 8.06. The highest BCUT2D eigenvalue weighted by atomic mass is 16.5. The van der Waals surface area contributed by atoms with Gasteiger partial charge in [-0.05, 0) is 30.1 Å². The van der Waals surface area contributed by atoms with Crippen molar-refractivity contribution in [3.05, 3.63) is 0 Å². The first-order chi connectivity index (χ1) is 5.09. The molecule has 0 N–H and O–H groups in total. The number of fused-ring (bicyclic) bond motifs is 1. The lowest BCUT2D eigenvalue weighted by molar-refractivity contribution is 0.0194. The van der Waals surface area contributed by atoms with Crippen LogP contribution in [0.3, 0.4) is 0 Å². The molecule has 1 saturated carbocycles. The van der Waals surface area contributed by atoms with E-state index in [1.165, 1.54) is 12.8 Å². The first kappa shape index (κ1) is 7.60. The first-order valence-corrected chi connectivity index (χ1v) is 4.70. The highest BCUT2D eigenvalue weighted by Gasteiger charge is 2.50. The Morgan fingerprint density at radius 3 is 2.55 bits per heavy atom. The van der Waals surface area contributed by atoms with Crippen molar-refractivity contribution in [3.8, 4) is 0 Å². The predicted octanol–water partition coefficient (Wildman–Crippen LogP) is 2.46. The molecule has 1 nitrogen and oxygen atoms in total. The molecule has 1 heteroatoms. The quantitative estimate of drug-likeness (QED) is 0.521. The smallest absolute Gasteiger partial charge is 0.0610 e. The van der Waals surface area contributed by atoms with Gasteiger partial charge in [0.15, 0.2) is 0 Å². The van der Waals surface area contributed by atoms with Gasteiger partial charge >= 0.3 is 0 Å². The molecule has 0 aromatic carbocycles.